The van der Waals surface area contributed by atoms with Crippen molar-refractivity contribution in [1.29, 1.82) is 0 Å². The van der Waals surface area contributed by atoms with Gasteiger partial charge < -0.3 is 14.4 Å². The van der Waals surface area contributed by atoms with Gasteiger partial charge in [-0.25, -0.2) is 0 Å². The average Bonchev–Trinajstić information content (AvgIpc) is 3.04. The quantitative estimate of drug-likeness (QED) is 0.395. The van der Waals surface area contributed by atoms with Crippen LogP contribution in [0.3, 0.4) is 0 Å². The highest BCUT2D eigenvalue weighted by molar-refractivity contribution is 5.96. The number of ketones is 1. The molecule has 1 aromatic rings. The van der Waals surface area contributed by atoms with Crippen LogP contribution >= 0.6 is 0 Å². The topological polar surface area (TPSA) is 55.8 Å². The Morgan fingerprint density at radius 2 is 1.82 bits per heavy atom. The molecule has 1 aromatic carbocycles. The minimum absolute atomic E-state index is 0.0196. The van der Waals surface area contributed by atoms with Gasteiger partial charge in [-0.15, -0.1) is 0 Å². The molecule has 0 unspecified atom stereocenters. The van der Waals surface area contributed by atoms with Gasteiger partial charge in [-0.1, -0.05) is 30.3 Å². The molecule has 22 heavy (non-hydrogen) atoms. The molecule has 0 aliphatic carbocycles. The summed E-state index contributed by atoms with van der Waals surface area (Å²) in [4.78, 5) is 25.5. The van der Waals surface area contributed by atoms with E-state index in [-0.39, 0.29) is 25.4 Å². The van der Waals surface area contributed by atoms with Crippen LogP contribution in [0.15, 0.2) is 30.3 Å². The Bertz CT molecular complexity index is 469. The number of esters is 1. The molecular weight excluding hydrogens is 282 g/mol. The van der Waals surface area contributed by atoms with Crippen LogP contribution in [-0.2, 0) is 25.7 Å². The average molecular weight is 305 g/mol. The summed E-state index contributed by atoms with van der Waals surface area (Å²) in [6.07, 6.45) is 2.26. The molecule has 1 aliphatic heterocycles. The summed E-state index contributed by atoms with van der Waals surface area (Å²) in [5.41, 5.74) is 0.908. The maximum Gasteiger partial charge on any atom is 0.313 e. The fourth-order valence-electron chi connectivity index (χ4n) is 2.39. The molecule has 1 heterocycles. The summed E-state index contributed by atoms with van der Waals surface area (Å²) in [6, 6.07) is 9.40. The van der Waals surface area contributed by atoms with E-state index in [9.17, 15) is 9.59 Å². The highest BCUT2D eigenvalue weighted by atomic mass is 16.5. The molecule has 0 aromatic heterocycles. The van der Waals surface area contributed by atoms with Crippen LogP contribution in [-0.4, -0.2) is 49.5 Å². The SMILES string of the molecule is O=C(COCCN1CCCC1)CC(=O)OCc1ccccc1. The predicted octanol–water partition coefficient (Wildman–Crippen LogP) is 1.80. The van der Waals surface area contributed by atoms with Crippen LogP contribution < -0.4 is 0 Å². The van der Waals surface area contributed by atoms with Gasteiger partial charge in [-0.05, 0) is 31.5 Å². The van der Waals surface area contributed by atoms with Gasteiger partial charge in [0.25, 0.3) is 0 Å². The predicted molar refractivity (Wildman–Crippen MR) is 82.4 cm³/mol. The van der Waals surface area contributed by atoms with Crippen molar-refractivity contribution < 1.29 is 19.1 Å². The molecule has 0 atom stereocenters. The minimum atomic E-state index is -0.503. The van der Waals surface area contributed by atoms with E-state index in [0.29, 0.717) is 6.61 Å². The van der Waals surface area contributed by atoms with E-state index in [4.69, 9.17) is 9.47 Å². The molecule has 2 rings (SSSR count). The summed E-state index contributed by atoms with van der Waals surface area (Å²) in [5.74, 6) is -0.739. The molecule has 0 bridgehead atoms. The van der Waals surface area contributed by atoms with Crippen molar-refractivity contribution in [2.24, 2.45) is 0 Å². The lowest BCUT2D eigenvalue weighted by atomic mass is 10.2. The molecule has 5 heteroatoms. The van der Waals surface area contributed by atoms with Crippen LogP contribution in [0.25, 0.3) is 0 Å². The summed E-state index contributed by atoms with van der Waals surface area (Å²) >= 11 is 0. The van der Waals surface area contributed by atoms with Crippen LogP contribution in [0.4, 0.5) is 0 Å². The van der Waals surface area contributed by atoms with Gasteiger partial charge >= 0.3 is 5.97 Å². The standard InChI is InChI=1S/C17H23NO4/c19-16(14-21-11-10-18-8-4-5-9-18)12-17(20)22-13-15-6-2-1-3-7-15/h1-3,6-7H,4-5,8-14H2. The first-order chi connectivity index (χ1) is 10.7. The van der Waals surface area contributed by atoms with Crippen LogP contribution in [0.1, 0.15) is 24.8 Å². The van der Waals surface area contributed by atoms with Gasteiger partial charge in [0.2, 0.25) is 0 Å². The molecule has 0 saturated carbocycles. The number of ether oxygens (including phenoxy) is 2. The van der Waals surface area contributed by atoms with Crippen molar-refractivity contribution in [3.05, 3.63) is 35.9 Å². The zero-order valence-electron chi connectivity index (χ0n) is 12.8. The number of nitrogens with zero attached hydrogens (tertiary/aromatic N) is 1. The first-order valence-electron chi connectivity index (χ1n) is 7.75. The summed E-state index contributed by atoms with van der Waals surface area (Å²) in [5, 5.41) is 0. The minimum Gasteiger partial charge on any atom is -0.460 e. The number of likely N-dealkylation sites (tertiary alicyclic amines) is 1. The molecule has 5 nitrogen and oxygen atoms in total. The van der Waals surface area contributed by atoms with Crippen LogP contribution in [0, 0.1) is 0 Å². The molecule has 0 N–H and O–H groups in total. The van der Waals surface area contributed by atoms with Crippen LogP contribution in [0.5, 0.6) is 0 Å². The highest BCUT2D eigenvalue weighted by Gasteiger charge is 2.13. The molecule has 0 radical (unpaired) electrons. The molecule has 1 aliphatic rings. The highest BCUT2D eigenvalue weighted by Crippen LogP contribution is 2.06. The van der Waals surface area contributed by atoms with Crippen molar-refractivity contribution in [3.8, 4) is 0 Å². The van der Waals surface area contributed by atoms with Crippen molar-refractivity contribution >= 4 is 11.8 Å². The second-order valence-corrected chi connectivity index (χ2v) is 5.46. The van der Waals surface area contributed by atoms with E-state index >= 15 is 0 Å². The van der Waals surface area contributed by atoms with Gasteiger partial charge in [0, 0.05) is 6.54 Å². The molecule has 0 spiro atoms. The van der Waals surface area contributed by atoms with Gasteiger partial charge in [-0.3, -0.25) is 9.59 Å². The lowest BCUT2D eigenvalue weighted by Gasteiger charge is -2.13. The van der Waals surface area contributed by atoms with Crippen molar-refractivity contribution in [2.75, 3.05) is 32.8 Å². The summed E-state index contributed by atoms with van der Waals surface area (Å²) < 4.78 is 10.4. The lowest BCUT2D eigenvalue weighted by Crippen LogP contribution is -2.25. The smallest absolute Gasteiger partial charge is 0.313 e. The second-order valence-electron chi connectivity index (χ2n) is 5.46. The zero-order valence-corrected chi connectivity index (χ0v) is 12.8. The maximum atomic E-state index is 11.6. The Labute approximate surface area is 131 Å². The van der Waals surface area contributed by atoms with Crippen molar-refractivity contribution in [2.45, 2.75) is 25.9 Å². The Kier molecular flexibility index (Phi) is 7.06. The summed E-state index contributed by atoms with van der Waals surface area (Å²) in [6.45, 7) is 3.79. The van der Waals surface area contributed by atoms with Gasteiger partial charge in [0.15, 0.2) is 5.78 Å². The molecule has 120 valence electrons. The van der Waals surface area contributed by atoms with E-state index in [1.54, 1.807) is 0 Å². The summed E-state index contributed by atoms with van der Waals surface area (Å²) in [7, 11) is 0. The molecule has 1 fully saturated rings. The van der Waals surface area contributed by atoms with Crippen molar-refractivity contribution in [1.82, 2.24) is 4.90 Å². The van der Waals surface area contributed by atoms with E-state index in [2.05, 4.69) is 4.90 Å². The molecule has 0 amide bonds. The van der Waals surface area contributed by atoms with Gasteiger partial charge in [0.05, 0.1) is 6.61 Å². The third-order valence-corrected chi connectivity index (χ3v) is 3.60. The zero-order chi connectivity index (χ0) is 15.6. The monoisotopic (exact) mass is 305 g/mol. The van der Waals surface area contributed by atoms with E-state index < -0.39 is 5.97 Å². The van der Waals surface area contributed by atoms with E-state index in [1.807, 2.05) is 30.3 Å². The first kappa shape index (κ1) is 16.6. The molecule has 1 saturated heterocycles. The first-order valence-corrected chi connectivity index (χ1v) is 7.75. The van der Waals surface area contributed by atoms with Crippen LogP contribution in [0.2, 0.25) is 0 Å². The number of carbonyl (C=O) groups is 2. The number of benzene rings is 1. The molecular formula is C17H23NO4. The Morgan fingerprint density at radius 1 is 1.09 bits per heavy atom. The fraction of sp³-hybridized carbons (Fsp3) is 0.529. The Hall–Kier alpha value is -1.72. The fourth-order valence-corrected chi connectivity index (χ4v) is 2.39. The largest absolute Gasteiger partial charge is 0.460 e. The van der Waals surface area contributed by atoms with E-state index in [1.165, 1.54) is 12.8 Å². The number of hydrogen-bond acceptors (Lipinski definition) is 5. The maximum absolute atomic E-state index is 11.6. The lowest BCUT2D eigenvalue weighted by molar-refractivity contribution is -0.148. The second kappa shape index (κ2) is 9.33. The van der Waals surface area contributed by atoms with Gasteiger partial charge in [-0.2, -0.15) is 0 Å². The number of Topliss-reactive ketones (excluding diaryl/α,β-unsaturated/α-hetero) is 1. The normalized spacial score (nSPS) is 14.9. The third kappa shape index (κ3) is 6.37. The van der Waals surface area contributed by atoms with Crippen molar-refractivity contribution in [3.63, 3.8) is 0 Å². The Morgan fingerprint density at radius 3 is 2.55 bits per heavy atom. The number of hydrogen-bond donors (Lipinski definition) is 0. The van der Waals surface area contributed by atoms with E-state index in [0.717, 1.165) is 25.2 Å². The van der Waals surface area contributed by atoms with Gasteiger partial charge in [0.1, 0.15) is 19.6 Å². The number of rotatable bonds is 9. The number of carbonyl (C=O) groups excluding carboxylic acids is 2. The Balaban J connectivity index is 1.53. The third-order valence-electron chi connectivity index (χ3n) is 3.60.